The molecule has 160 valence electrons. The van der Waals surface area contributed by atoms with E-state index in [2.05, 4.69) is 22.5 Å². The minimum Gasteiger partial charge on any atom is -0.379 e. The number of nitrogens with zero attached hydrogens (tertiary/aromatic N) is 2. The highest BCUT2D eigenvalue weighted by Gasteiger charge is 2.13. The molecule has 0 aromatic heterocycles. The van der Waals surface area contributed by atoms with Gasteiger partial charge in [-0.1, -0.05) is 19.3 Å². The van der Waals surface area contributed by atoms with Crippen LogP contribution < -0.4 is 10.6 Å². The fourth-order valence-electron chi connectivity index (χ4n) is 3.56. The Balaban J connectivity index is 0.00000364. The van der Waals surface area contributed by atoms with Crippen molar-refractivity contribution in [2.45, 2.75) is 64.4 Å². The molecular weight excluding hydrogens is 455 g/mol. The Kier molecular flexibility index (Phi) is 15.5. The zero-order valence-electron chi connectivity index (χ0n) is 17.2. The van der Waals surface area contributed by atoms with Crippen molar-refractivity contribution in [3.63, 3.8) is 0 Å². The van der Waals surface area contributed by atoms with Gasteiger partial charge in [0.2, 0.25) is 0 Å². The summed E-state index contributed by atoms with van der Waals surface area (Å²) in [6, 6.07) is 0. The fraction of sp³-hybridized carbons (Fsp3) is 0.950. The largest absolute Gasteiger partial charge is 0.379 e. The predicted molar refractivity (Wildman–Crippen MR) is 123 cm³/mol. The summed E-state index contributed by atoms with van der Waals surface area (Å²) in [5, 5.41) is 6.78. The molecule has 0 amide bonds. The van der Waals surface area contributed by atoms with Crippen molar-refractivity contribution in [3.05, 3.63) is 0 Å². The minimum atomic E-state index is 0. The van der Waals surface area contributed by atoms with Gasteiger partial charge >= 0.3 is 0 Å². The van der Waals surface area contributed by atoms with Gasteiger partial charge in [0.05, 0.1) is 19.3 Å². The summed E-state index contributed by atoms with van der Waals surface area (Å²) in [6.45, 7) is 10.6. The van der Waals surface area contributed by atoms with Gasteiger partial charge in [0, 0.05) is 45.9 Å². The van der Waals surface area contributed by atoms with Gasteiger partial charge in [-0.2, -0.15) is 0 Å². The zero-order valence-corrected chi connectivity index (χ0v) is 19.5. The zero-order chi connectivity index (χ0) is 18.3. The highest BCUT2D eigenvalue weighted by molar-refractivity contribution is 14.0. The number of guanidine groups is 1. The van der Waals surface area contributed by atoms with Crippen LogP contribution in [0.1, 0.15) is 58.3 Å². The number of hydrogen-bond donors (Lipinski definition) is 2. The number of rotatable bonds is 11. The first-order valence-corrected chi connectivity index (χ1v) is 10.8. The summed E-state index contributed by atoms with van der Waals surface area (Å²) in [6.07, 6.45) is 10.7. The van der Waals surface area contributed by atoms with Crippen LogP contribution >= 0.6 is 24.0 Å². The molecule has 0 unspecified atom stereocenters. The maximum Gasteiger partial charge on any atom is 0.191 e. The topological polar surface area (TPSA) is 58.1 Å². The Hall–Kier alpha value is -0.120. The smallest absolute Gasteiger partial charge is 0.191 e. The number of aliphatic imine (C=N–C) groups is 1. The summed E-state index contributed by atoms with van der Waals surface area (Å²) < 4.78 is 11.4. The first-order chi connectivity index (χ1) is 12.9. The molecule has 27 heavy (non-hydrogen) atoms. The number of morpholine rings is 1. The van der Waals surface area contributed by atoms with E-state index in [1.807, 2.05) is 0 Å². The lowest BCUT2D eigenvalue weighted by atomic mass is 9.98. The Morgan fingerprint density at radius 2 is 1.85 bits per heavy atom. The monoisotopic (exact) mass is 496 g/mol. The number of halogens is 1. The van der Waals surface area contributed by atoms with Gasteiger partial charge in [0.15, 0.2) is 5.96 Å². The van der Waals surface area contributed by atoms with Crippen LogP contribution in [0.4, 0.5) is 0 Å². The Morgan fingerprint density at radius 3 is 2.59 bits per heavy atom. The van der Waals surface area contributed by atoms with Gasteiger partial charge in [-0.15, -0.1) is 24.0 Å². The third-order valence-electron chi connectivity index (χ3n) is 5.15. The maximum atomic E-state index is 5.99. The predicted octanol–water partition coefficient (Wildman–Crippen LogP) is 3.01. The summed E-state index contributed by atoms with van der Waals surface area (Å²) in [5.74, 6) is 0.944. The number of ether oxygens (including phenoxy) is 2. The van der Waals surface area contributed by atoms with Crippen molar-refractivity contribution in [1.29, 1.82) is 0 Å². The molecule has 1 aliphatic carbocycles. The molecule has 1 aliphatic heterocycles. The van der Waals surface area contributed by atoms with E-state index in [-0.39, 0.29) is 24.0 Å². The summed E-state index contributed by atoms with van der Waals surface area (Å²) in [7, 11) is 0. The van der Waals surface area contributed by atoms with Crippen LogP contribution in [0.3, 0.4) is 0 Å². The van der Waals surface area contributed by atoms with E-state index in [1.54, 1.807) is 0 Å². The van der Waals surface area contributed by atoms with E-state index >= 15 is 0 Å². The lowest BCUT2D eigenvalue weighted by Gasteiger charge is -2.26. The molecule has 2 fully saturated rings. The molecule has 0 spiro atoms. The lowest BCUT2D eigenvalue weighted by molar-refractivity contribution is 0.0264. The quantitative estimate of drug-likeness (QED) is 0.199. The third-order valence-corrected chi connectivity index (χ3v) is 5.15. The van der Waals surface area contributed by atoms with Crippen LogP contribution in [0.5, 0.6) is 0 Å². The van der Waals surface area contributed by atoms with Crippen molar-refractivity contribution in [3.8, 4) is 0 Å². The van der Waals surface area contributed by atoms with Gasteiger partial charge < -0.3 is 20.1 Å². The van der Waals surface area contributed by atoms with Gasteiger partial charge in [-0.25, -0.2) is 0 Å². The average Bonchev–Trinajstić information content (AvgIpc) is 2.69. The Labute approximate surface area is 183 Å². The standard InChI is InChI=1S/C20H40N4O2.HI/c1-2-21-20(23-12-13-24-14-17-25-18-15-24)22-11-7-4-8-16-26-19-9-5-3-6-10-19;/h19H,2-18H2,1H3,(H2,21,22,23);1H. The Morgan fingerprint density at radius 1 is 1.07 bits per heavy atom. The van der Waals surface area contributed by atoms with E-state index in [1.165, 1.54) is 38.5 Å². The second kappa shape index (κ2) is 16.8. The molecule has 0 radical (unpaired) electrons. The van der Waals surface area contributed by atoms with Crippen LogP contribution in [0.25, 0.3) is 0 Å². The number of unbranched alkanes of at least 4 members (excludes halogenated alkanes) is 2. The van der Waals surface area contributed by atoms with E-state index in [0.717, 1.165) is 77.9 Å². The first-order valence-electron chi connectivity index (χ1n) is 10.8. The number of hydrogen-bond acceptors (Lipinski definition) is 4. The molecule has 1 heterocycles. The molecule has 1 saturated carbocycles. The molecule has 1 saturated heterocycles. The van der Waals surface area contributed by atoms with Crippen LogP contribution in [-0.2, 0) is 9.47 Å². The second-order valence-electron chi connectivity index (χ2n) is 7.33. The van der Waals surface area contributed by atoms with E-state index in [4.69, 9.17) is 14.5 Å². The molecule has 2 rings (SSSR count). The van der Waals surface area contributed by atoms with E-state index < -0.39 is 0 Å². The normalized spacial score (nSPS) is 19.5. The highest BCUT2D eigenvalue weighted by Crippen LogP contribution is 2.20. The molecule has 0 atom stereocenters. The van der Waals surface area contributed by atoms with Crippen LogP contribution in [0.2, 0.25) is 0 Å². The molecule has 6 nitrogen and oxygen atoms in total. The minimum absolute atomic E-state index is 0. The molecule has 2 N–H and O–H groups in total. The van der Waals surface area contributed by atoms with Crippen LogP contribution in [0.15, 0.2) is 4.99 Å². The highest BCUT2D eigenvalue weighted by atomic mass is 127. The fourth-order valence-corrected chi connectivity index (χ4v) is 3.56. The second-order valence-corrected chi connectivity index (χ2v) is 7.33. The van der Waals surface area contributed by atoms with E-state index in [0.29, 0.717) is 6.10 Å². The van der Waals surface area contributed by atoms with Crippen molar-refractivity contribution in [2.24, 2.45) is 4.99 Å². The molecule has 0 aromatic carbocycles. The van der Waals surface area contributed by atoms with Crippen LogP contribution in [-0.4, -0.2) is 76.1 Å². The van der Waals surface area contributed by atoms with Gasteiger partial charge in [0.25, 0.3) is 0 Å². The molecular formula is C20H41IN4O2. The molecule has 7 heteroatoms. The molecule has 0 bridgehead atoms. The lowest BCUT2D eigenvalue weighted by Crippen LogP contribution is -2.44. The van der Waals surface area contributed by atoms with E-state index in [9.17, 15) is 0 Å². The molecule has 2 aliphatic rings. The summed E-state index contributed by atoms with van der Waals surface area (Å²) >= 11 is 0. The number of nitrogens with one attached hydrogen (secondary N) is 2. The maximum absolute atomic E-state index is 5.99. The third kappa shape index (κ3) is 12.1. The van der Waals surface area contributed by atoms with Gasteiger partial charge in [0.1, 0.15) is 0 Å². The van der Waals surface area contributed by atoms with Crippen molar-refractivity contribution in [1.82, 2.24) is 15.5 Å². The SMILES string of the molecule is CCNC(=NCCCCCOC1CCCCC1)NCCN1CCOCC1.I. The van der Waals surface area contributed by atoms with Gasteiger partial charge in [-0.3, -0.25) is 9.89 Å². The van der Waals surface area contributed by atoms with Crippen LogP contribution in [0, 0.1) is 0 Å². The van der Waals surface area contributed by atoms with Gasteiger partial charge in [-0.05, 0) is 39.0 Å². The van der Waals surface area contributed by atoms with Crippen molar-refractivity contribution >= 4 is 29.9 Å². The average molecular weight is 496 g/mol. The van der Waals surface area contributed by atoms with Crippen molar-refractivity contribution in [2.75, 3.05) is 59.1 Å². The molecule has 0 aromatic rings. The summed E-state index contributed by atoms with van der Waals surface area (Å²) in [4.78, 5) is 7.13. The Bertz CT molecular complexity index is 373. The summed E-state index contributed by atoms with van der Waals surface area (Å²) in [5.41, 5.74) is 0. The first kappa shape index (κ1) is 24.9. The van der Waals surface area contributed by atoms with Crippen molar-refractivity contribution < 1.29 is 9.47 Å².